The summed E-state index contributed by atoms with van der Waals surface area (Å²) in [6.07, 6.45) is 10.9. The molecule has 1 atom stereocenters. The molecule has 1 unspecified atom stereocenters. The van der Waals surface area contributed by atoms with Crippen molar-refractivity contribution < 1.29 is 9.53 Å². The van der Waals surface area contributed by atoms with Crippen LogP contribution >= 0.6 is 0 Å². The van der Waals surface area contributed by atoms with E-state index in [0.29, 0.717) is 36.5 Å². The van der Waals surface area contributed by atoms with Crippen LogP contribution in [0.1, 0.15) is 48.9 Å². The lowest BCUT2D eigenvalue weighted by Gasteiger charge is -2.33. The monoisotopic (exact) mass is 455 g/mol. The standard InChI is InChI=1S/C27H29N5O2/c1-18-17-32(27(33)31-24-9-6-19(2)28-16-24)11-10-22(18)12-20-4-3-5-25(13-20)34-26-29-14-23(15-30-26)21-7-8-21/h3-6,9,12-16,18,21H,7-8,10-11,17H2,1-2H3,(H,31,33). The molecular weight excluding hydrogens is 426 g/mol. The average Bonchev–Trinajstić information content (AvgIpc) is 3.68. The van der Waals surface area contributed by atoms with E-state index in [1.165, 1.54) is 24.0 Å². The van der Waals surface area contributed by atoms with E-state index in [0.717, 1.165) is 17.7 Å². The number of carbonyl (C=O) groups excluding carboxylic acids is 1. The van der Waals surface area contributed by atoms with Crippen LogP contribution in [0.2, 0.25) is 0 Å². The Bertz CT molecular complexity index is 1190. The Morgan fingerprint density at radius 1 is 1.12 bits per heavy atom. The molecule has 1 saturated carbocycles. The van der Waals surface area contributed by atoms with Crippen LogP contribution in [0.3, 0.4) is 0 Å². The average molecular weight is 456 g/mol. The zero-order valence-corrected chi connectivity index (χ0v) is 19.6. The van der Waals surface area contributed by atoms with Crippen molar-refractivity contribution in [2.45, 2.75) is 39.0 Å². The van der Waals surface area contributed by atoms with Crippen molar-refractivity contribution in [3.05, 3.63) is 77.4 Å². The minimum Gasteiger partial charge on any atom is -0.424 e. The quantitative estimate of drug-likeness (QED) is 0.525. The first-order valence-electron chi connectivity index (χ1n) is 11.8. The summed E-state index contributed by atoms with van der Waals surface area (Å²) in [6, 6.07) is 12.0. The fourth-order valence-electron chi connectivity index (χ4n) is 4.19. The number of aryl methyl sites for hydroxylation is 1. The third-order valence-corrected chi connectivity index (χ3v) is 6.36. The van der Waals surface area contributed by atoms with E-state index in [-0.39, 0.29) is 11.9 Å². The van der Waals surface area contributed by atoms with Crippen LogP contribution in [-0.4, -0.2) is 39.0 Å². The van der Waals surface area contributed by atoms with Gasteiger partial charge in [-0.1, -0.05) is 30.7 Å². The van der Waals surface area contributed by atoms with Crippen molar-refractivity contribution in [1.82, 2.24) is 19.9 Å². The molecule has 0 radical (unpaired) electrons. The summed E-state index contributed by atoms with van der Waals surface area (Å²) in [7, 11) is 0. The summed E-state index contributed by atoms with van der Waals surface area (Å²) >= 11 is 0. The smallest absolute Gasteiger partial charge is 0.321 e. The van der Waals surface area contributed by atoms with Crippen molar-refractivity contribution >= 4 is 17.8 Å². The highest BCUT2D eigenvalue weighted by Gasteiger charge is 2.25. The molecule has 7 heteroatoms. The highest BCUT2D eigenvalue weighted by Crippen LogP contribution is 2.39. The number of likely N-dealkylation sites (tertiary alicyclic amines) is 1. The number of ether oxygens (including phenoxy) is 1. The maximum absolute atomic E-state index is 12.7. The van der Waals surface area contributed by atoms with Gasteiger partial charge in [0.25, 0.3) is 0 Å². The largest absolute Gasteiger partial charge is 0.424 e. The maximum Gasteiger partial charge on any atom is 0.321 e. The number of benzene rings is 1. The minimum absolute atomic E-state index is 0.0837. The third kappa shape index (κ3) is 5.42. The van der Waals surface area contributed by atoms with E-state index in [1.54, 1.807) is 6.20 Å². The second-order valence-corrected chi connectivity index (χ2v) is 9.18. The Balaban J connectivity index is 1.20. The lowest BCUT2D eigenvalue weighted by molar-refractivity contribution is 0.198. The molecule has 1 saturated heterocycles. The Morgan fingerprint density at radius 2 is 1.94 bits per heavy atom. The van der Waals surface area contributed by atoms with Gasteiger partial charge in [0.15, 0.2) is 0 Å². The van der Waals surface area contributed by atoms with E-state index in [4.69, 9.17) is 4.74 Å². The fraction of sp³-hybridized carbons (Fsp3) is 0.333. The second kappa shape index (κ2) is 9.63. The number of nitrogens with zero attached hydrogens (tertiary/aromatic N) is 4. The predicted octanol–water partition coefficient (Wildman–Crippen LogP) is 5.81. The summed E-state index contributed by atoms with van der Waals surface area (Å²) in [4.78, 5) is 27.5. The summed E-state index contributed by atoms with van der Waals surface area (Å²) < 4.78 is 5.88. The normalized spacial score (nSPS) is 19.2. The number of anilines is 1. The number of urea groups is 1. The first-order valence-corrected chi connectivity index (χ1v) is 11.8. The Labute approximate surface area is 199 Å². The number of hydrogen-bond acceptors (Lipinski definition) is 5. The molecule has 7 nitrogen and oxygen atoms in total. The number of carbonyl (C=O) groups is 1. The number of aromatic nitrogens is 3. The van der Waals surface area contributed by atoms with Crippen LogP contribution < -0.4 is 10.1 Å². The van der Waals surface area contributed by atoms with Crippen molar-refractivity contribution in [1.29, 1.82) is 0 Å². The van der Waals surface area contributed by atoms with E-state index >= 15 is 0 Å². The lowest BCUT2D eigenvalue weighted by Crippen LogP contribution is -2.42. The maximum atomic E-state index is 12.7. The Hall–Kier alpha value is -3.74. The molecule has 1 aromatic carbocycles. The van der Waals surface area contributed by atoms with Gasteiger partial charge in [0.1, 0.15) is 5.75 Å². The topological polar surface area (TPSA) is 80.2 Å². The summed E-state index contributed by atoms with van der Waals surface area (Å²) in [5.74, 6) is 1.60. The number of hydrogen-bond donors (Lipinski definition) is 1. The van der Waals surface area contributed by atoms with Gasteiger partial charge in [-0.05, 0) is 73.4 Å². The van der Waals surface area contributed by atoms with Crippen LogP contribution in [0.5, 0.6) is 11.8 Å². The molecule has 174 valence electrons. The van der Waals surface area contributed by atoms with Gasteiger partial charge in [-0.25, -0.2) is 14.8 Å². The molecule has 2 aliphatic rings. The predicted molar refractivity (Wildman–Crippen MR) is 132 cm³/mol. The SMILES string of the molecule is Cc1ccc(NC(=O)N2CCC(=Cc3cccc(Oc4ncc(C5CC5)cn4)c3)C(C)C2)cn1. The molecule has 0 bridgehead atoms. The van der Waals surface area contributed by atoms with Gasteiger partial charge in [0, 0.05) is 31.2 Å². The summed E-state index contributed by atoms with van der Waals surface area (Å²) in [6.45, 7) is 5.44. The van der Waals surface area contributed by atoms with Crippen LogP contribution in [0.25, 0.3) is 6.08 Å². The molecule has 3 aromatic rings. The molecule has 2 aromatic heterocycles. The number of rotatable bonds is 5. The van der Waals surface area contributed by atoms with Gasteiger partial charge >= 0.3 is 12.0 Å². The zero-order valence-electron chi connectivity index (χ0n) is 19.6. The Kier molecular flexibility index (Phi) is 6.25. The molecule has 3 heterocycles. The zero-order chi connectivity index (χ0) is 23.5. The molecule has 2 fully saturated rings. The minimum atomic E-state index is -0.0837. The van der Waals surface area contributed by atoms with E-state index in [2.05, 4.69) is 39.3 Å². The Morgan fingerprint density at radius 3 is 2.65 bits per heavy atom. The van der Waals surface area contributed by atoms with Crippen molar-refractivity contribution in [3.63, 3.8) is 0 Å². The van der Waals surface area contributed by atoms with E-state index < -0.39 is 0 Å². The highest BCUT2D eigenvalue weighted by molar-refractivity contribution is 5.89. The van der Waals surface area contributed by atoms with E-state index in [1.807, 2.05) is 54.5 Å². The summed E-state index contributed by atoms with van der Waals surface area (Å²) in [5.41, 5.74) is 5.22. The molecule has 0 spiro atoms. The first-order chi connectivity index (χ1) is 16.5. The molecule has 34 heavy (non-hydrogen) atoms. The second-order valence-electron chi connectivity index (χ2n) is 9.18. The lowest BCUT2D eigenvalue weighted by atomic mass is 9.91. The molecule has 1 aliphatic heterocycles. The number of nitrogens with one attached hydrogen (secondary N) is 1. The molecule has 5 rings (SSSR count). The van der Waals surface area contributed by atoms with Gasteiger partial charge in [-0.3, -0.25) is 4.98 Å². The van der Waals surface area contributed by atoms with Crippen molar-refractivity contribution in [2.24, 2.45) is 5.92 Å². The van der Waals surface area contributed by atoms with Gasteiger partial charge in [0.05, 0.1) is 11.9 Å². The summed E-state index contributed by atoms with van der Waals surface area (Å²) in [5, 5.41) is 2.94. The van der Waals surface area contributed by atoms with Crippen LogP contribution in [0, 0.1) is 12.8 Å². The molecular formula is C27H29N5O2. The van der Waals surface area contributed by atoms with Crippen LogP contribution in [0.15, 0.2) is 60.6 Å². The molecule has 2 amide bonds. The molecule has 1 N–H and O–H groups in total. The number of amides is 2. The van der Waals surface area contributed by atoms with Crippen molar-refractivity contribution in [2.75, 3.05) is 18.4 Å². The third-order valence-electron chi connectivity index (χ3n) is 6.36. The van der Waals surface area contributed by atoms with Crippen LogP contribution in [0.4, 0.5) is 10.5 Å². The first kappa shape index (κ1) is 22.1. The van der Waals surface area contributed by atoms with Gasteiger partial charge < -0.3 is 15.0 Å². The highest BCUT2D eigenvalue weighted by atomic mass is 16.5. The van der Waals surface area contributed by atoms with Gasteiger partial charge in [0.2, 0.25) is 0 Å². The number of pyridine rings is 1. The fourth-order valence-corrected chi connectivity index (χ4v) is 4.19. The van der Waals surface area contributed by atoms with Crippen molar-refractivity contribution in [3.8, 4) is 11.8 Å². The van der Waals surface area contributed by atoms with E-state index in [9.17, 15) is 4.79 Å². The molecule has 1 aliphatic carbocycles. The van der Waals surface area contributed by atoms with Gasteiger partial charge in [-0.15, -0.1) is 0 Å². The number of piperidine rings is 1. The van der Waals surface area contributed by atoms with Crippen LogP contribution in [-0.2, 0) is 0 Å². The van der Waals surface area contributed by atoms with Gasteiger partial charge in [-0.2, -0.15) is 0 Å².